The van der Waals surface area contributed by atoms with E-state index < -0.39 is 176 Å². The first-order valence-corrected chi connectivity index (χ1v) is 28.5. The standard InChI is InChI=1S/C76H56BN3S2/c1-76(2,3)52-37-34-48(35-38-52)51-43-68-72-71(44-51)82-75-62(45-53(78-63-29-15-10-24-55(63)56-25-11-16-30-64(56)78)46-69(75)79-65-31-17-12-26-57(65)58-27-13-18-32-66(58)79)77(72)61-42-50(47-20-6-4-7-21-47)36-41-67(61)80(68)73-54(49-22-8-5-9-23-49)39-40-60-59-28-14-19-33-70(59)81-74(60)73/h4-35,37-40,42-45,69H,36,41,46H2,1-3H3/i4D,5D,6D,7D,8D,9D,10D,11D,12D,13D,15D,16D,17D,18D,20D,21D,22D,23D,24D,25D,26D,27D,29D,30D,31D,32D. The van der Waals surface area contributed by atoms with Crippen molar-refractivity contribution in [3.8, 4) is 22.3 Å². The zero-order valence-corrected chi connectivity index (χ0v) is 45.7. The number of hydrogen-bond donors (Lipinski definition) is 0. The molecule has 2 aliphatic carbocycles. The summed E-state index contributed by atoms with van der Waals surface area (Å²) in [6.45, 7) is 5.11. The molecule has 2 aliphatic heterocycles. The van der Waals surface area contributed by atoms with Crippen LogP contribution >= 0.6 is 23.1 Å². The maximum atomic E-state index is 9.96. The largest absolute Gasteiger partial charge is 0.332 e. The van der Waals surface area contributed by atoms with Gasteiger partial charge in [-0.25, -0.2) is 0 Å². The molecule has 0 fully saturated rings. The summed E-state index contributed by atoms with van der Waals surface area (Å²) in [5, 5.41) is 0.535. The highest BCUT2D eigenvalue weighted by molar-refractivity contribution is 8.03. The van der Waals surface area contributed by atoms with Crippen molar-refractivity contribution in [2.45, 2.75) is 56.4 Å². The Kier molecular flexibility index (Phi) is 6.44. The van der Waals surface area contributed by atoms with Gasteiger partial charge < -0.3 is 14.0 Å². The van der Waals surface area contributed by atoms with Crippen LogP contribution in [0.5, 0.6) is 0 Å². The molecule has 390 valence electrons. The molecule has 13 aromatic rings. The van der Waals surface area contributed by atoms with Gasteiger partial charge in [0.25, 0.3) is 0 Å². The van der Waals surface area contributed by atoms with Crippen molar-refractivity contribution in [1.29, 1.82) is 0 Å². The summed E-state index contributed by atoms with van der Waals surface area (Å²) in [7, 11) is 0. The SMILES string of the molecule is [2H]c1c([2H])c([2H])c(C2=CC3=C(CC2)N(c2c(-c4c([2H])c([2H])c([2H])c([2H])c4[2H])ccc4c2sc2ccccc24)c2cc(-c4ccc(C(C)(C)C)cc4)cc4c2B3C2=C(S4)C(n3c4c([2H])c([2H])c([2H])c([2H])c4c4c([2H])c([2H])c([2H])c([2H])c43)CC(n3c4c([2H])c([2H])c([2H])c([2H])c4c4c([2H])c([2H])c([2H])c([2H])c43)=C2)c([2H])c1[2H]. The van der Waals surface area contributed by atoms with Gasteiger partial charge >= 0.3 is 0 Å². The van der Waals surface area contributed by atoms with Gasteiger partial charge in [0.05, 0.1) is 63.1 Å². The average Bonchev–Trinajstić information content (AvgIpc) is 1.43. The van der Waals surface area contributed by atoms with E-state index in [-0.39, 0.29) is 89.8 Å². The molecule has 0 bridgehead atoms. The number of thioether (sulfide) groups is 1. The van der Waals surface area contributed by atoms with E-state index in [0.29, 0.717) is 53.5 Å². The van der Waals surface area contributed by atoms with E-state index >= 15 is 0 Å². The molecule has 82 heavy (non-hydrogen) atoms. The van der Waals surface area contributed by atoms with Crippen molar-refractivity contribution in [2.75, 3.05) is 4.90 Å². The van der Waals surface area contributed by atoms with Gasteiger partial charge in [0, 0.05) is 86.9 Å². The van der Waals surface area contributed by atoms with Gasteiger partial charge in [0.1, 0.15) is 0 Å². The van der Waals surface area contributed by atoms with Crippen LogP contribution in [0.4, 0.5) is 11.4 Å². The summed E-state index contributed by atoms with van der Waals surface area (Å²) in [5.74, 6) is 0. The average molecular weight is 1110 g/mol. The normalized spacial score (nSPS) is 20.6. The summed E-state index contributed by atoms with van der Waals surface area (Å²) in [4.78, 5) is 2.96. The molecule has 1 atom stereocenters. The lowest BCUT2D eigenvalue weighted by Gasteiger charge is -2.46. The molecule has 6 heteroatoms. The molecule has 10 aromatic carbocycles. The Labute approximate surface area is 523 Å². The third-order valence-corrected chi connectivity index (χ3v) is 19.0. The zero-order chi connectivity index (χ0) is 77.0. The number of aromatic nitrogens is 2. The highest BCUT2D eigenvalue weighted by atomic mass is 32.2. The molecule has 0 radical (unpaired) electrons. The van der Waals surface area contributed by atoms with E-state index in [1.165, 1.54) is 32.2 Å². The minimum Gasteiger partial charge on any atom is -0.332 e. The van der Waals surface area contributed by atoms with E-state index in [2.05, 4.69) is 20.8 Å². The van der Waals surface area contributed by atoms with Gasteiger partial charge in [-0.05, 0) is 111 Å². The van der Waals surface area contributed by atoms with Gasteiger partial charge in [-0.1, -0.05) is 232 Å². The van der Waals surface area contributed by atoms with Crippen LogP contribution in [-0.4, -0.2) is 15.8 Å². The molecular weight excluding hydrogens is 1030 g/mol. The van der Waals surface area contributed by atoms with Crippen molar-refractivity contribution in [2.24, 2.45) is 0 Å². The number of para-hydroxylation sites is 4. The number of anilines is 2. The smallest absolute Gasteiger partial charge is 0.248 e. The third kappa shape index (κ3) is 7.24. The Hall–Kier alpha value is -8.81. The van der Waals surface area contributed by atoms with Crippen molar-refractivity contribution in [1.82, 2.24) is 9.13 Å². The van der Waals surface area contributed by atoms with E-state index in [0.717, 1.165) is 26.6 Å². The van der Waals surface area contributed by atoms with E-state index in [1.54, 1.807) is 18.2 Å². The maximum Gasteiger partial charge on any atom is 0.248 e. The lowest BCUT2D eigenvalue weighted by Crippen LogP contribution is -2.48. The number of hydrogen-bond acceptors (Lipinski definition) is 3. The molecule has 0 saturated heterocycles. The molecule has 5 heterocycles. The van der Waals surface area contributed by atoms with Crippen LogP contribution in [0.15, 0.2) is 268 Å². The molecule has 17 rings (SSSR count). The Morgan fingerprint density at radius 3 is 1.82 bits per heavy atom. The van der Waals surface area contributed by atoms with E-state index in [4.69, 9.17) is 11.0 Å². The molecule has 0 N–H and O–H groups in total. The van der Waals surface area contributed by atoms with Crippen molar-refractivity contribution >= 4 is 122 Å². The van der Waals surface area contributed by atoms with Crippen LogP contribution in [0.1, 0.15) is 92.8 Å². The maximum absolute atomic E-state index is 9.96. The van der Waals surface area contributed by atoms with Crippen LogP contribution in [0.3, 0.4) is 0 Å². The van der Waals surface area contributed by atoms with Crippen molar-refractivity contribution < 1.29 is 35.6 Å². The number of nitrogens with zero attached hydrogens (tertiary/aromatic N) is 3. The quantitative estimate of drug-likeness (QED) is 0.154. The van der Waals surface area contributed by atoms with Crippen LogP contribution < -0.4 is 10.4 Å². The minimum atomic E-state index is -1.41. The summed E-state index contributed by atoms with van der Waals surface area (Å²) < 4.78 is 248. The summed E-state index contributed by atoms with van der Waals surface area (Å²) >= 11 is 2.63. The fourth-order valence-electron chi connectivity index (χ4n) is 12.9. The Balaban J connectivity index is 1.10. The number of fused-ring (bicyclic) bond motifs is 11. The van der Waals surface area contributed by atoms with Crippen molar-refractivity contribution in [3.05, 3.63) is 275 Å². The number of rotatable bonds is 6. The Morgan fingerprint density at radius 1 is 0.537 bits per heavy atom. The fraction of sp³-hybridized carbons (Fsp3) is 0.105. The van der Waals surface area contributed by atoms with Gasteiger partial charge in [-0.3, -0.25) is 0 Å². The number of benzene rings is 10. The molecule has 3 nitrogen and oxygen atoms in total. The first-order valence-electron chi connectivity index (χ1n) is 39.9. The molecule has 3 aromatic heterocycles. The molecule has 4 aliphatic rings. The first kappa shape index (κ1) is 28.7. The summed E-state index contributed by atoms with van der Waals surface area (Å²) in [6.07, 6.45) is 3.10. The monoisotopic (exact) mass is 1110 g/mol. The van der Waals surface area contributed by atoms with Gasteiger partial charge in [-0.2, -0.15) is 0 Å². The molecule has 0 spiro atoms. The fourth-order valence-corrected chi connectivity index (χ4v) is 15.5. The molecule has 1 unspecified atom stereocenters. The predicted molar refractivity (Wildman–Crippen MR) is 353 cm³/mol. The lowest BCUT2D eigenvalue weighted by atomic mass is 9.32. The lowest BCUT2D eigenvalue weighted by molar-refractivity contribution is 0.590. The van der Waals surface area contributed by atoms with Gasteiger partial charge in [-0.15, -0.1) is 11.3 Å². The highest BCUT2D eigenvalue weighted by Gasteiger charge is 2.47. The zero-order valence-electron chi connectivity index (χ0n) is 70.0. The summed E-state index contributed by atoms with van der Waals surface area (Å²) in [6, 6.07) is 5.44. The molecule has 0 saturated carbocycles. The van der Waals surface area contributed by atoms with E-state index in [1.807, 2.05) is 71.6 Å². The topological polar surface area (TPSA) is 13.1 Å². The van der Waals surface area contributed by atoms with Gasteiger partial charge in [0.15, 0.2) is 0 Å². The summed E-state index contributed by atoms with van der Waals surface area (Å²) in [5.41, 5.74) is 4.05. The van der Waals surface area contributed by atoms with Crippen molar-refractivity contribution in [3.63, 3.8) is 0 Å². The minimum absolute atomic E-state index is 0.000356. The number of allylic oxidation sites excluding steroid dienone is 8. The molecule has 0 amide bonds. The molecular formula is C76H56BN3S2. The van der Waals surface area contributed by atoms with Crippen LogP contribution in [-0.2, 0) is 5.41 Å². The highest BCUT2D eigenvalue weighted by Crippen LogP contribution is 2.58. The second-order valence-corrected chi connectivity index (χ2v) is 24.0. The van der Waals surface area contributed by atoms with Crippen LogP contribution in [0.25, 0.3) is 97.3 Å². The second-order valence-electron chi connectivity index (χ2n) is 21.9. The number of thiophene rings is 1. The third-order valence-electron chi connectivity index (χ3n) is 16.5. The Morgan fingerprint density at radius 2 is 1.15 bits per heavy atom. The predicted octanol–water partition coefficient (Wildman–Crippen LogP) is 20.5. The first-order chi connectivity index (χ1) is 51.1. The van der Waals surface area contributed by atoms with Crippen LogP contribution in [0, 0.1) is 0 Å². The van der Waals surface area contributed by atoms with Gasteiger partial charge in [0.2, 0.25) is 6.71 Å². The van der Waals surface area contributed by atoms with Crippen LogP contribution in [0.2, 0.25) is 0 Å². The van der Waals surface area contributed by atoms with E-state index in [9.17, 15) is 24.7 Å². The Bertz CT molecular complexity index is 6370. The second kappa shape index (κ2) is 18.4.